The fraction of sp³-hybridized carbons (Fsp3) is 0.533. The van der Waals surface area contributed by atoms with Crippen LogP contribution in [0.3, 0.4) is 0 Å². The zero-order valence-corrected chi connectivity index (χ0v) is 12.5. The number of carboxylic acid groups (broad SMARTS) is 1. The largest absolute Gasteiger partial charge is 0.480 e. The summed E-state index contributed by atoms with van der Waals surface area (Å²) in [5.41, 5.74) is 1.82. The normalized spacial score (nSPS) is 26.6. The number of rotatable bonds is 4. The van der Waals surface area contributed by atoms with Crippen molar-refractivity contribution in [2.75, 3.05) is 7.05 Å². The van der Waals surface area contributed by atoms with Crippen molar-refractivity contribution in [3.63, 3.8) is 0 Å². The second-order valence-electron chi connectivity index (χ2n) is 5.39. The molecule has 0 bridgehead atoms. The van der Waals surface area contributed by atoms with E-state index in [1.807, 2.05) is 11.8 Å². The molecule has 3 nitrogen and oxygen atoms in total. The molecule has 0 amide bonds. The molecule has 0 aliphatic heterocycles. The Balaban J connectivity index is 2.08. The van der Waals surface area contributed by atoms with Crippen molar-refractivity contribution >= 4 is 17.7 Å². The highest BCUT2D eigenvalue weighted by molar-refractivity contribution is 8.00. The SMILES string of the molecule is CNC1(C(=O)O)CCC(Sc2ccc(C)cc2C)C1. The first-order chi connectivity index (χ1) is 8.97. The minimum Gasteiger partial charge on any atom is -0.480 e. The number of carbonyl (C=O) groups is 1. The van der Waals surface area contributed by atoms with E-state index in [1.165, 1.54) is 16.0 Å². The summed E-state index contributed by atoms with van der Waals surface area (Å²) in [4.78, 5) is 12.7. The first-order valence-electron chi connectivity index (χ1n) is 6.63. The molecule has 2 atom stereocenters. The van der Waals surface area contributed by atoms with E-state index < -0.39 is 11.5 Å². The molecule has 2 rings (SSSR count). The molecule has 0 spiro atoms. The fourth-order valence-corrected chi connectivity index (χ4v) is 4.09. The molecule has 2 unspecified atom stereocenters. The molecule has 1 aromatic carbocycles. The Labute approximate surface area is 118 Å². The van der Waals surface area contributed by atoms with Crippen molar-refractivity contribution in [2.45, 2.75) is 48.8 Å². The Bertz CT molecular complexity index is 489. The van der Waals surface area contributed by atoms with Gasteiger partial charge in [-0.15, -0.1) is 11.8 Å². The molecule has 0 radical (unpaired) electrons. The Kier molecular flexibility index (Phi) is 4.21. The van der Waals surface area contributed by atoms with Crippen LogP contribution in [0.1, 0.15) is 30.4 Å². The summed E-state index contributed by atoms with van der Waals surface area (Å²) in [5, 5.41) is 12.7. The molecule has 4 heteroatoms. The standard InChI is InChI=1S/C15H21NO2S/c1-10-4-5-13(11(2)8-10)19-12-6-7-15(9-12,16-3)14(17)18/h4-5,8,12,16H,6-7,9H2,1-3H3,(H,17,18). The number of hydrogen-bond donors (Lipinski definition) is 2. The fourth-order valence-electron chi connectivity index (χ4n) is 2.74. The van der Waals surface area contributed by atoms with Crippen LogP contribution in [0.25, 0.3) is 0 Å². The molecule has 1 fully saturated rings. The van der Waals surface area contributed by atoms with Crippen molar-refractivity contribution in [3.05, 3.63) is 29.3 Å². The molecule has 0 heterocycles. The highest BCUT2D eigenvalue weighted by Crippen LogP contribution is 2.41. The lowest BCUT2D eigenvalue weighted by atomic mass is 9.99. The van der Waals surface area contributed by atoms with E-state index in [1.54, 1.807) is 7.05 Å². The van der Waals surface area contributed by atoms with Gasteiger partial charge in [0.1, 0.15) is 5.54 Å². The lowest BCUT2D eigenvalue weighted by Gasteiger charge is -2.23. The van der Waals surface area contributed by atoms with E-state index in [4.69, 9.17) is 0 Å². The number of aryl methyl sites for hydroxylation is 2. The topological polar surface area (TPSA) is 49.3 Å². The maximum Gasteiger partial charge on any atom is 0.323 e. The van der Waals surface area contributed by atoms with Gasteiger partial charge in [-0.1, -0.05) is 17.7 Å². The monoisotopic (exact) mass is 279 g/mol. The van der Waals surface area contributed by atoms with E-state index in [2.05, 4.69) is 37.4 Å². The van der Waals surface area contributed by atoms with Crippen LogP contribution in [0.4, 0.5) is 0 Å². The number of nitrogens with one attached hydrogen (secondary N) is 1. The van der Waals surface area contributed by atoms with Crippen LogP contribution in [-0.4, -0.2) is 28.9 Å². The summed E-state index contributed by atoms with van der Waals surface area (Å²) in [6, 6.07) is 6.45. The molecular formula is C15H21NO2S. The molecule has 1 saturated carbocycles. The van der Waals surface area contributed by atoms with Crippen LogP contribution in [0.5, 0.6) is 0 Å². The third kappa shape index (κ3) is 2.95. The number of hydrogen-bond acceptors (Lipinski definition) is 3. The average molecular weight is 279 g/mol. The van der Waals surface area contributed by atoms with Crippen LogP contribution in [0.15, 0.2) is 23.1 Å². The predicted molar refractivity (Wildman–Crippen MR) is 78.8 cm³/mol. The summed E-state index contributed by atoms with van der Waals surface area (Å²) in [6.07, 6.45) is 2.35. The third-order valence-corrected chi connectivity index (χ3v) is 5.43. The van der Waals surface area contributed by atoms with Gasteiger partial charge in [0.05, 0.1) is 0 Å². The summed E-state index contributed by atoms with van der Waals surface area (Å²) < 4.78 is 0. The number of benzene rings is 1. The van der Waals surface area contributed by atoms with Crippen LogP contribution < -0.4 is 5.32 Å². The lowest BCUT2D eigenvalue weighted by molar-refractivity contribution is -0.144. The van der Waals surface area contributed by atoms with E-state index in [0.29, 0.717) is 18.1 Å². The third-order valence-electron chi connectivity index (χ3n) is 3.98. The van der Waals surface area contributed by atoms with Gasteiger partial charge < -0.3 is 10.4 Å². The molecule has 1 aromatic rings. The smallest absolute Gasteiger partial charge is 0.323 e. The van der Waals surface area contributed by atoms with Gasteiger partial charge >= 0.3 is 5.97 Å². The van der Waals surface area contributed by atoms with Gasteiger partial charge in [-0.2, -0.15) is 0 Å². The number of likely N-dealkylation sites (N-methyl/N-ethyl adjacent to an activating group) is 1. The van der Waals surface area contributed by atoms with Crippen molar-refractivity contribution in [1.29, 1.82) is 0 Å². The maximum atomic E-state index is 11.4. The minimum atomic E-state index is -0.726. The average Bonchev–Trinajstić information content (AvgIpc) is 2.77. The predicted octanol–water partition coefficient (Wildman–Crippen LogP) is 2.99. The van der Waals surface area contributed by atoms with Crippen molar-refractivity contribution in [3.8, 4) is 0 Å². The Hall–Kier alpha value is -1.00. The van der Waals surface area contributed by atoms with E-state index in [0.717, 1.165) is 6.42 Å². The molecule has 2 N–H and O–H groups in total. The molecular weight excluding hydrogens is 258 g/mol. The summed E-state index contributed by atoms with van der Waals surface area (Å²) in [7, 11) is 1.75. The molecule has 1 aliphatic rings. The summed E-state index contributed by atoms with van der Waals surface area (Å²) in [6.45, 7) is 4.21. The molecule has 104 valence electrons. The molecule has 1 aliphatic carbocycles. The van der Waals surface area contributed by atoms with E-state index >= 15 is 0 Å². The van der Waals surface area contributed by atoms with Crippen molar-refractivity contribution in [1.82, 2.24) is 5.32 Å². The highest BCUT2D eigenvalue weighted by atomic mass is 32.2. The first kappa shape index (κ1) is 14.4. The van der Waals surface area contributed by atoms with Crippen LogP contribution >= 0.6 is 11.8 Å². The van der Waals surface area contributed by atoms with Crippen LogP contribution in [-0.2, 0) is 4.79 Å². The van der Waals surface area contributed by atoms with Gasteiger partial charge in [0.25, 0.3) is 0 Å². The number of thioether (sulfide) groups is 1. The van der Waals surface area contributed by atoms with Crippen molar-refractivity contribution in [2.24, 2.45) is 0 Å². The first-order valence-corrected chi connectivity index (χ1v) is 7.51. The van der Waals surface area contributed by atoms with E-state index in [-0.39, 0.29) is 0 Å². The Morgan fingerprint density at radius 3 is 2.74 bits per heavy atom. The van der Waals surface area contributed by atoms with Gasteiger partial charge in [-0.05, 0) is 51.8 Å². The highest BCUT2D eigenvalue weighted by Gasteiger charge is 2.44. The second-order valence-corrected chi connectivity index (χ2v) is 6.73. The zero-order valence-electron chi connectivity index (χ0n) is 11.7. The minimum absolute atomic E-state index is 0.380. The van der Waals surface area contributed by atoms with Gasteiger partial charge in [-0.25, -0.2) is 0 Å². The molecule has 19 heavy (non-hydrogen) atoms. The summed E-state index contributed by atoms with van der Waals surface area (Å²) >= 11 is 1.82. The van der Waals surface area contributed by atoms with Crippen LogP contribution in [0.2, 0.25) is 0 Å². The van der Waals surface area contributed by atoms with Crippen LogP contribution in [0, 0.1) is 13.8 Å². The van der Waals surface area contributed by atoms with Gasteiger partial charge in [-0.3, -0.25) is 4.79 Å². The van der Waals surface area contributed by atoms with E-state index in [9.17, 15) is 9.90 Å². The second kappa shape index (κ2) is 5.55. The van der Waals surface area contributed by atoms with Gasteiger partial charge in [0.15, 0.2) is 0 Å². The quantitative estimate of drug-likeness (QED) is 0.889. The van der Waals surface area contributed by atoms with Crippen molar-refractivity contribution < 1.29 is 9.90 Å². The zero-order chi connectivity index (χ0) is 14.0. The Morgan fingerprint density at radius 1 is 1.47 bits per heavy atom. The lowest BCUT2D eigenvalue weighted by Crippen LogP contribution is -2.48. The number of carboxylic acids is 1. The maximum absolute atomic E-state index is 11.4. The number of aliphatic carboxylic acids is 1. The summed E-state index contributed by atoms with van der Waals surface area (Å²) in [5.74, 6) is -0.723. The molecule has 0 saturated heterocycles. The Morgan fingerprint density at radius 2 is 2.21 bits per heavy atom. The molecule has 0 aromatic heterocycles. The van der Waals surface area contributed by atoms with Gasteiger partial charge in [0, 0.05) is 10.1 Å². The van der Waals surface area contributed by atoms with Gasteiger partial charge in [0.2, 0.25) is 0 Å².